The molecule has 2 atom stereocenters. The number of thiophene rings is 1. The summed E-state index contributed by atoms with van der Waals surface area (Å²) in [6.07, 6.45) is 3.77. The van der Waals surface area contributed by atoms with Crippen LogP contribution in [0, 0.1) is 12.8 Å². The van der Waals surface area contributed by atoms with Crippen LogP contribution >= 0.6 is 11.3 Å². The summed E-state index contributed by atoms with van der Waals surface area (Å²) in [6.45, 7) is 11.6. The predicted molar refractivity (Wildman–Crippen MR) is 108 cm³/mol. The first-order valence-electron chi connectivity index (χ1n) is 9.59. The minimum atomic E-state index is -0.562. The van der Waals surface area contributed by atoms with Crippen LogP contribution in [0.3, 0.4) is 0 Å². The Kier molecular flexibility index (Phi) is 8.19. The van der Waals surface area contributed by atoms with Crippen LogP contribution < -0.4 is 10.2 Å². The number of rotatable bonds is 8. The lowest BCUT2D eigenvalue weighted by atomic mass is 10.0. The number of hydrogen-bond donors (Lipinski definition) is 2. The molecule has 1 amide bonds. The second-order valence-corrected chi connectivity index (χ2v) is 8.07. The Balaban J connectivity index is 2.20. The van der Waals surface area contributed by atoms with Gasteiger partial charge >= 0.3 is 11.9 Å². The van der Waals surface area contributed by atoms with Gasteiger partial charge in [0.1, 0.15) is 16.5 Å². The predicted octanol–water partition coefficient (Wildman–Crippen LogP) is 1.83. The number of esters is 2. The van der Waals surface area contributed by atoms with Gasteiger partial charge in [-0.05, 0) is 32.3 Å². The number of ether oxygens (including phenoxy) is 2. The topological polar surface area (TPSA) is 86.1 Å². The van der Waals surface area contributed by atoms with Crippen LogP contribution in [0.2, 0.25) is 0 Å². The van der Waals surface area contributed by atoms with E-state index in [2.05, 4.69) is 18.8 Å². The van der Waals surface area contributed by atoms with Crippen LogP contribution in [0.4, 0.5) is 5.00 Å². The van der Waals surface area contributed by atoms with E-state index in [-0.39, 0.29) is 29.6 Å². The molecule has 1 unspecified atom stereocenters. The number of quaternary nitrogens is 1. The Morgan fingerprint density at radius 2 is 2.07 bits per heavy atom. The normalized spacial score (nSPS) is 19.0. The molecule has 1 aromatic heterocycles. The largest absolute Gasteiger partial charge is 0.462 e. The maximum Gasteiger partial charge on any atom is 0.348 e. The fourth-order valence-corrected chi connectivity index (χ4v) is 4.51. The second-order valence-electron chi connectivity index (χ2n) is 7.04. The first-order valence-corrected chi connectivity index (χ1v) is 10.4. The molecule has 1 saturated heterocycles. The molecule has 0 radical (unpaired) electrons. The molecule has 0 spiro atoms. The van der Waals surface area contributed by atoms with E-state index in [1.807, 2.05) is 0 Å². The molecule has 1 aromatic rings. The molecule has 1 fully saturated rings. The number of amides is 1. The highest BCUT2D eigenvalue weighted by molar-refractivity contribution is 7.18. The van der Waals surface area contributed by atoms with Crippen LogP contribution in [-0.2, 0) is 14.3 Å². The van der Waals surface area contributed by atoms with Crippen molar-refractivity contribution in [2.24, 2.45) is 5.92 Å². The highest BCUT2D eigenvalue weighted by atomic mass is 32.1. The molecule has 2 rings (SSSR count). The zero-order valence-electron chi connectivity index (χ0n) is 16.8. The zero-order chi connectivity index (χ0) is 20.7. The maximum absolute atomic E-state index is 12.6. The Morgan fingerprint density at radius 1 is 1.32 bits per heavy atom. The number of nitrogens with one attached hydrogen (secondary N) is 2. The molecule has 1 aliphatic heterocycles. The van der Waals surface area contributed by atoms with Crippen molar-refractivity contribution in [3.05, 3.63) is 28.7 Å². The maximum atomic E-state index is 12.6. The summed E-state index contributed by atoms with van der Waals surface area (Å²) in [5, 5.41) is 3.14. The molecule has 0 aromatic carbocycles. The molecule has 28 heavy (non-hydrogen) atoms. The highest BCUT2D eigenvalue weighted by Crippen LogP contribution is 2.34. The highest BCUT2D eigenvalue weighted by Gasteiger charge is 2.28. The van der Waals surface area contributed by atoms with E-state index in [0.717, 1.165) is 30.8 Å². The first-order chi connectivity index (χ1) is 13.4. The van der Waals surface area contributed by atoms with E-state index in [9.17, 15) is 14.4 Å². The van der Waals surface area contributed by atoms with E-state index in [4.69, 9.17) is 9.47 Å². The van der Waals surface area contributed by atoms with Crippen molar-refractivity contribution in [2.45, 2.75) is 33.6 Å². The van der Waals surface area contributed by atoms with E-state index in [0.29, 0.717) is 23.0 Å². The average molecular weight is 410 g/mol. The number of carbonyl (C=O) groups excluding carboxylic acids is 3. The summed E-state index contributed by atoms with van der Waals surface area (Å²) in [5.41, 5.74) is 0.666. The van der Waals surface area contributed by atoms with Crippen molar-refractivity contribution in [1.82, 2.24) is 0 Å². The second kappa shape index (κ2) is 10.4. The molecular formula is C20H29N2O5S+. The monoisotopic (exact) mass is 409 g/mol. The van der Waals surface area contributed by atoms with Crippen LogP contribution in [0.1, 0.15) is 52.3 Å². The van der Waals surface area contributed by atoms with Gasteiger partial charge in [0.15, 0.2) is 6.54 Å². The zero-order valence-corrected chi connectivity index (χ0v) is 17.6. The van der Waals surface area contributed by atoms with E-state index in [1.54, 1.807) is 13.8 Å². The van der Waals surface area contributed by atoms with Gasteiger partial charge in [0.25, 0.3) is 5.91 Å². The van der Waals surface area contributed by atoms with Gasteiger partial charge in [0, 0.05) is 5.92 Å². The van der Waals surface area contributed by atoms with Crippen molar-refractivity contribution >= 4 is 34.2 Å². The van der Waals surface area contributed by atoms with Crippen molar-refractivity contribution in [1.29, 1.82) is 0 Å². The summed E-state index contributed by atoms with van der Waals surface area (Å²) in [7, 11) is 0. The van der Waals surface area contributed by atoms with Gasteiger partial charge in [-0.3, -0.25) is 4.79 Å². The van der Waals surface area contributed by atoms with Gasteiger partial charge in [0.05, 0.1) is 25.3 Å². The molecule has 0 bridgehead atoms. The summed E-state index contributed by atoms with van der Waals surface area (Å²) < 4.78 is 10.2. The van der Waals surface area contributed by atoms with Gasteiger partial charge in [-0.25, -0.2) is 9.59 Å². The van der Waals surface area contributed by atoms with Gasteiger partial charge < -0.3 is 19.7 Å². The van der Waals surface area contributed by atoms with Gasteiger partial charge in [-0.15, -0.1) is 11.3 Å². The van der Waals surface area contributed by atoms with E-state index >= 15 is 0 Å². The third-order valence-electron chi connectivity index (χ3n) is 4.67. The molecule has 2 heterocycles. The first kappa shape index (κ1) is 22.1. The Bertz CT molecular complexity index is 743. The SMILES string of the molecule is C=CCOC(=O)c1sc(NC(=O)C[NH+]2CCC[C@H](C)C2)c(C(=O)OCC)c1C. The summed E-state index contributed by atoms with van der Waals surface area (Å²) in [6, 6.07) is 0. The smallest absolute Gasteiger partial charge is 0.348 e. The lowest BCUT2D eigenvalue weighted by molar-refractivity contribution is -0.900. The fourth-order valence-electron chi connectivity index (χ4n) is 3.40. The number of hydrogen-bond acceptors (Lipinski definition) is 6. The molecule has 0 aliphatic carbocycles. The quantitative estimate of drug-likeness (QED) is 0.505. The third-order valence-corrected chi connectivity index (χ3v) is 5.86. The summed E-state index contributed by atoms with van der Waals surface area (Å²) >= 11 is 1.04. The van der Waals surface area contributed by atoms with Crippen molar-refractivity contribution in [2.75, 3.05) is 38.2 Å². The molecule has 2 N–H and O–H groups in total. The Hall–Kier alpha value is -2.19. The number of likely N-dealkylation sites (tertiary alicyclic amines) is 1. The van der Waals surface area contributed by atoms with Gasteiger partial charge in [0.2, 0.25) is 0 Å². The molecule has 154 valence electrons. The van der Waals surface area contributed by atoms with Gasteiger partial charge in [-0.1, -0.05) is 19.6 Å². The van der Waals surface area contributed by atoms with Crippen molar-refractivity contribution in [3.63, 3.8) is 0 Å². The molecule has 8 heteroatoms. The van der Waals surface area contributed by atoms with Crippen LogP contribution in [-0.4, -0.2) is 50.7 Å². The summed E-state index contributed by atoms with van der Waals surface area (Å²) in [4.78, 5) is 38.8. The molecule has 7 nitrogen and oxygen atoms in total. The minimum absolute atomic E-state index is 0.0725. The van der Waals surface area contributed by atoms with E-state index < -0.39 is 11.9 Å². The third kappa shape index (κ3) is 5.65. The van der Waals surface area contributed by atoms with Crippen LogP contribution in [0.5, 0.6) is 0 Å². The lowest BCUT2D eigenvalue weighted by Crippen LogP contribution is -3.14. The van der Waals surface area contributed by atoms with Crippen LogP contribution in [0.25, 0.3) is 0 Å². The summed E-state index contributed by atoms with van der Waals surface area (Å²) in [5.74, 6) is -0.694. The fraction of sp³-hybridized carbons (Fsp3) is 0.550. The lowest BCUT2D eigenvalue weighted by Gasteiger charge is -2.27. The molecule has 0 saturated carbocycles. The number of carbonyl (C=O) groups is 3. The van der Waals surface area contributed by atoms with Crippen LogP contribution in [0.15, 0.2) is 12.7 Å². The number of piperidine rings is 1. The molecular weight excluding hydrogens is 380 g/mol. The average Bonchev–Trinajstić information content (AvgIpc) is 2.95. The Labute approximate surface area is 169 Å². The van der Waals surface area contributed by atoms with Gasteiger partial charge in [-0.2, -0.15) is 0 Å². The minimum Gasteiger partial charge on any atom is -0.462 e. The number of anilines is 1. The standard InChI is InChI=1S/C20H28N2O5S/c1-5-10-27-20(25)17-14(4)16(19(24)26-6-2)18(28-17)21-15(23)12-22-9-7-8-13(3)11-22/h5,13H,1,6-12H2,2-4H3,(H,21,23)/p+1/t13-/m0/s1. The van der Waals surface area contributed by atoms with Crippen molar-refractivity contribution < 1.29 is 28.8 Å². The van der Waals surface area contributed by atoms with E-state index in [1.165, 1.54) is 17.4 Å². The Morgan fingerprint density at radius 3 is 2.71 bits per heavy atom. The molecule has 1 aliphatic rings. The van der Waals surface area contributed by atoms with Crippen molar-refractivity contribution in [3.8, 4) is 0 Å².